The predicted octanol–water partition coefficient (Wildman–Crippen LogP) is 2.32. The Hall–Kier alpha value is -0.800. The number of rotatable bonds is 6. The zero-order chi connectivity index (χ0) is 10.7. The molecule has 0 radical (unpaired) electrons. The van der Waals surface area contributed by atoms with E-state index in [2.05, 4.69) is 0 Å². The summed E-state index contributed by atoms with van der Waals surface area (Å²) >= 11 is 0. The summed E-state index contributed by atoms with van der Waals surface area (Å²) in [6.45, 7) is 3.46. The molecule has 1 aliphatic carbocycles. The van der Waals surface area contributed by atoms with Gasteiger partial charge in [0.1, 0.15) is 6.73 Å². The highest BCUT2D eigenvalue weighted by atomic mass is 16.5. The van der Waals surface area contributed by atoms with Crippen LogP contribution in [0.1, 0.15) is 37.9 Å². The molecule has 1 fully saturated rings. The van der Waals surface area contributed by atoms with Crippen molar-refractivity contribution in [3.63, 3.8) is 0 Å². The molecule has 1 atom stereocenters. The molecule has 1 aromatic rings. The smallest absolute Gasteiger partial charge is 0.122 e. The average Bonchev–Trinajstić information content (AvgIpc) is 2.94. The van der Waals surface area contributed by atoms with Crippen LogP contribution in [0.15, 0.2) is 18.5 Å². The fraction of sp³-hybridized carbons (Fsp3) is 0.667. The number of hydrogen-bond donors (Lipinski definition) is 1. The molecular weight excluding hydrogens is 190 g/mol. The van der Waals surface area contributed by atoms with Crippen molar-refractivity contribution >= 4 is 0 Å². The van der Waals surface area contributed by atoms with Crippen LogP contribution in [-0.4, -0.2) is 16.3 Å². The van der Waals surface area contributed by atoms with E-state index in [1.54, 1.807) is 0 Å². The lowest BCUT2D eigenvalue weighted by molar-refractivity contribution is 0.0689. The molecule has 1 heterocycles. The van der Waals surface area contributed by atoms with Crippen molar-refractivity contribution < 1.29 is 9.84 Å². The van der Waals surface area contributed by atoms with E-state index in [-0.39, 0.29) is 6.10 Å². The van der Waals surface area contributed by atoms with Crippen molar-refractivity contribution in [3.05, 3.63) is 24.0 Å². The molecule has 1 unspecified atom stereocenters. The molecule has 0 spiro atoms. The Morgan fingerprint density at radius 1 is 1.60 bits per heavy atom. The molecule has 1 saturated carbocycles. The number of hydrogen-bond acceptors (Lipinski definition) is 2. The van der Waals surface area contributed by atoms with Crippen LogP contribution in [0.3, 0.4) is 0 Å². The molecular formula is C12H19NO2. The highest BCUT2D eigenvalue weighted by Gasteiger charge is 2.21. The molecule has 3 heteroatoms. The van der Waals surface area contributed by atoms with Crippen LogP contribution < -0.4 is 0 Å². The van der Waals surface area contributed by atoms with Crippen LogP contribution in [0.2, 0.25) is 0 Å². The summed E-state index contributed by atoms with van der Waals surface area (Å²) in [6, 6.07) is 1.95. The summed E-state index contributed by atoms with van der Waals surface area (Å²) in [7, 11) is 0. The number of nitrogens with zero attached hydrogens (tertiary/aromatic N) is 1. The summed E-state index contributed by atoms with van der Waals surface area (Å²) in [5.74, 6) is 0.807. The lowest BCUT2D eigenvalue weighted by atomic mass is 10.1. The number of ether oxygens (including phenoxy) is 1. The Bertz CT molecular complexity index is 304. The van der Waals surface area contributed by atoms with E-state index in [9.17, 15) is 5.11 Å². The van der Waals surface area contributed by atoms with Crippen molar-refractivity contribution in [2.75, 3.05) is 6.61 Å². The van der Waals surface area contributed by atoms with Gasteiger partial charge >= 0.3 is 0 Å². The van der Waals surface area contributed by atoms with Crippen LogP contribution in [0, 0.1) is 5.92 Å². The van der Waals surface area contributed by atoms with Crippen LogP contribution in [0.4, 0.5) is 0 Å². The first-order chi connectivity index (χ1) is 7.29. The molecule has 84 valence electrons. The number of aliphatic hydroxyl groups is 1. The second kappa shape index (κ2) is 4.81. The highest BCUT2D eigenvalue weighted by molar-refractivity contribution is 5.12. The monoisotopic (exact) mass is 209 g/mol. The molecule has 0 amide bonds. The number of aromatic nitrogens is 1. The topological polar surface area (TPSA) is 34.4 Å². The van der Waals surface area contributed by atoms with Gasteiger partial charge in [0.15, 0.2) is 0 Å². The van der Waals surface area contributed by atoms with E-state index >= 15 is 0 Å². The molecule has 0 saturated heterocycles. The molecule has 0 aliphatic heterocycles. The lowest BCUT2D eigenvalue weighted by Crippen LogP contribution is -2.02. The van der Waals surface area contributed by atoms with Crippen LogP contribution in [0.5, 0.6) is 0 Å². The zero-order valence-electron chi connectivity index (χ0n) is 9.22. The Morgan fingerprint density at radius 2 is 2.40 bits per heavy atom. The maximum Gasteiger partial charge on any atom is 0.122 e. The lowest BCUT2D eigenvalue weighted by Gasteiger charge is -2.05. The van der Waals surface area contributed by atoms with Gasteiger partial charge in [0, 0.05) is 12.4 Å². The first-order valence-corrected chi connectivity index (χ1v) is 5.71. The Balaban J connectivity index is 1.77. The summed E-state index contributed by atoms with van der Waals surface area (Å²) < 4.78 is 7.53. The fourth-order valence-electron chi connectivity index (χ4n) is 1.58. The van der Waals surface area contributed by atoms with Crippen molar-refractivity contribution in [2.45, 2.75) is 39.0 Å². The van der Waals surface area contributed by atoms with Crippen molar-refractivity contribution in [1.29, 1.82) is 0 Å². The SMILES string of the molecule is CCC(O)c1ccn(COCC2CC2)c1. The minimum absolute atomic E-state index is 0.338. The predicted molar refractivity (Wildman–Crippen MR) is 58.4 cm³/mol. The minimum Gasteiger partial charge on any atom is -0.388 e. The third-order valence-corrected chi connectivity index (χ3v) is 2.84. The van der Waals surface area contributed by atoms with Gasteiger partial charge in [-0.3, -0.25) is 0 Å². The van der Waals surface area contributed by atoms with Crippen LogP contribution in [0.25, 0.3) is 0 Å². The summed E-state index contributed by atoms with van der Waals surface area (Å²) in [4.78, 5) is 0. The Kier molecular flexibility index (Phi) is 3.44. The molecule has 15 heavy (non-hydrogen) atoms. The quantitative estimate of drug-likeness (QED) is 0.780. The van der Waals surface area contributed by atoms with E-state index in [1.807, 2.05) is 30.0 Å². The van der Waals surface area contributed by atoms with E-state index in [0.717, 1.165) is 24.5 Å². The Morgan fingerprint density at radius 3 is 3.07 bits per heavy atom. The average molecular weight is 209 g/mol. The fourth-order valence-corrected chi connectivity index (χ4v) is 1.58. The van der Waals surface area contributed by atoms with Gasteiger partial charge in [-0.25, -0.2) is 0 Å². The van der Waals surface area contributed by atoms with Gasteiger partial charge in [-0.1, -0.05) is 6.92 Å². The van der Waals surface area contributed by atoms with Gasteiger partial charge in [-0.05, 0) is 36.8 Å². The summed E-state index contributed by atoms with van der Waals surface area (Å²) in [6.07, 6.45) is 6.99. The molecule has 1 N–H and O–H groups in total. The second-order valence-corrected chi connectivity index (χ2v) is 4.33. The molecule has 3 nitrogen and oxygen atoms in total. The van der Waals surface area contributed by atoms with Gasteiger partial charge in [-0.2, -0.15) is 0 Å². The standard InChI is InChI=1S/C12H19NO2/c1-2-12(14)11-5-6-13(7-11)9-15-8-10-3-4-10/h5-7,10,12,14H,2-4,8-9H2,1H3. The van der Waals surface area contributed by atoms with Gasteiger partial charge in [-0.15, -0.1) is 0 Å². The first-order valence-electron chi connectivity index (χ1n) is 5.71. The Labute approximate surface area is 90.7 Å². The van der Waals surface area contributed by atoms with Crippen molar-refractivity contribution in [3.8, 4) is 0 Å². The minimum atomic E-state index is -0.338. The van der Waals surface area contributed by atoms with E-state index in [4.69, 9.17) is 4.74 Å². The third-order valence-electron chi connectivity index (χ3n) is 2.84. The molecule has 0 bridgehead atoms. The zero-order valence-corrected chi connectivity index (χ0v) is 9.22. The highest BCUT2D eigenvalue weighted by Crippen LogP contribution is 2.28. The van der Waals surface area contributed by atoms with Crippen molar-refractivity contribution in [1.82, 2.24) is 4.57 Å². The number of aliphatic hydroxyl groups excluding tert-OH is 1. The summed E-state index contributed by atoms with van der Waals surface area (Å²) in [5.41, 5.74) is 0.979. The normalized spacial score (nSPS) is 18.0. The van der Waals surface area contributed by atoms with Crippen LogP contribution >= 0.6 is 0 Å². The molecule has 2 rings (SSSR count). The largest absolute Gasteiger partial charge is 0.388 e. The van der Waals surface area contributed by atoms with Gasteiger partial charge in [0.05, 0.1) is 12.7 Å². The first kappa shape index (κ1) is 10.7. The second-order valence-electron chi connectivity index (χ2n) is 4.33. The van der Waals surface area contributed by atoms with Crippen molar-refractivity contribution in [2.24, 2.45) is 5.92 Å². The third kappa shape index (κ3) is 3.08. The van der Waals surface area contributed by atoms with Gasteiger partial charge in [0.2, 0.25) is 0 Å². The molecule has 1 aromatic heterocycles. The maximum atomic E-state index is 9.61. The molecule has 1 aliphatic rings. The maximum absolute atomic E-state index is 9.61. The van der Waals surface area contributed by atoms with E-state index < -0.39 is 0 Å². The van der Waals surface area contributed by atoms with Gasteiger partial charge < -0.3 is 14.4 Å². The molecule has 0 aromatic carbocycles. The van der Waals surface area contributed by atoms with E-state index in [0.29, 0.717) is 6.73 Å². The van der Waals surface area contributed by atoms with Crippen LogP contribution in [-0.2, 0) is 11.5 Å². The van der Waals surface area contributed by atoms with Gasteiger partial charge in [0.25, 0.3) is 0 Å². The van der Waals surface area contributed by atoms with E-state index in [1.165, 1.54) is 12.8 Å². The summed E-state index contributed by atoms with van der Waals surface area (Å²) in [5, 5.41) is 9.61.